The second-order valence-corrected chi connectivity index (χ2v) is 3.40. The molecule has 1 amide bonds. The Morgan fingerprint density at radius 2 is 2.00 bits per heavy atom. The first-order valence-corrected chi connectivity index (χ1v) is 4.80. The Morgan fingerprint density at radius 1 is 1.42 bits per heavy atom. The van der Waals surface area contributed by atoms with Crippen molar-refractivity contribution in [3.63, 3.8) is 0 Å². The highest BCUT2D eigenvalue weighted by Crippen LogP contribution is 2.09. The van der Waals surface area contributed by atoms with E-state index in [2.05, 4.69) is 0 Å². The first kappa shape index (κ1) is 9.52. The van der Waals surface area contributed by atoms with Crippen molar-refractivity contribution < 1.29 is 4.79 Å². The third kappa shape index (κ3) is 2.21. The molecule has 1 aliphatic rings. The molecule has 1 saturated heterocycles. The number of carbonyl (C=O) groups excluding carboxylic acids is 1. The number of amides is 1. The summed E-state index contributed by atoms with van der Waals surface area (Å²) >= 11 is 0. The van der Waals surface area contributed by atoms with Gasteiger partial charge in [-0.15, -0.1) is 0 Å². The standard InChI is InChI=1S/C9H18N2O/c1-2-8(10)9(12)11-6-4-3-5-7-11/h8H,2-7,10H2,1H3/t8-/m1/s1. The lowest BCUT2D eigenvalue weighted by Crippen LogP contribution is -2.45. The maximum atomic E-state index is 11.5. The van der Waals surface area contributed by atoms with Crippen LogP contribution >= 0.6 is 0 Å². The van der Waals surface area contributed by atoms with Gasteiger partial charge in [0.25, 0.3) is 0 Å². The highest BCUT2D eigenvalue weighted by Gasteiger charge is 2.20. The van der Waals surface area contributed by atoms with Crippen LogP contribution in [0.4, 0.5) is 0 Å². The minimum absolute atomic E-state index is 0.136. The molecule has 1 rings (SSSR count). The average molecular weight is 170 g/mol. The minimum atomic E-state index is -0.275. The Bertz CT molecular complexity index is 153. The van der Waals surface area contributed by atoms with E-state index in [4.69, 9.17) is 5.73 Å². The summed E-state index contributed by atoms with van der Waals surface area (Å²) in [4.78, 5) is 13.4. The van der Waals surface area contributed by atoms with Gasteiger partial charge in [-0.25, -0.2) is 0 Å². The Balaban J connectivity index is 2.39. The number of likely N-dealkylation sites (tertiary alicyclic amines) is 1. The molecule has 0 aromatic carbocycles. The fraction of sp³-hybridized carbons (Fsp3) is 0.889. The quantitative estimate of drug-likeness (QED) is 0.664. The smallest absolute Gasteiger partial charge is 0.239 e. The number of nitrogens with zero attached hydrogens (tertiary/aromatic N) is 1. The number of carbonyl (C=O) groups is 1. The molecule has 0 aliphatic carbocycles. The first-order chi connectivity index (χ1) is 5.75. The van der Waals surface area contributed by atoms with Crippen molar-refractivity contribution in [1.29, 1.82) is 0 Å². The Hall–Kier alpha value is -0.570. The second kappa shape index (κ2) is 4.45. The number of piperidine rings is 1. The Kier molecular flexibility index (Phi) is 3.53. The molecule has 0 saturated carbocycles. The van der Waals surface area contributed by atoms with Crippen LogP contribution in [0.2, 0.25) is 0 Å². The van der Waals surface area contributed by atoms with Crippen LogP contribution in [0.1, 0.15) is 32.6 Å². The van der Waals surface area contributed by atoms with Crippen molar-refractivity contribution in [2.24, 2.45) is 5.73 Å². The summed E-state index contributed by atoms with van der Waals surface area (Å²) in [7, 11) is 0. The predicted octanol–water partition coefficient (Wildman–Crippen LogP) is 0.736. The molecule has 1 atom stereocenters. The first-order valence-electron chi connectivity index (χ1n) is 4.80. The van der Waals surface area contributed by atoms with E-state index in [-0.39, 0.29) is 11.9 Å². The monoisotopic (exact) mass is 170 g/mol. The number of nitrogens with two attached hydrogens (primary N) is 1. The van der Waals surface area contributed by atoms with Gasteiger partial charge in [0.15, 0.2) is 0 Å². The molecule has 1 fully saturated rings. The van der Waals surface area contributed by atoms with Crippen LogP contribution in [-0.2, 0) is 4.79 Å². The van der Waals surface area contributed by atoms with Gasteiger partial charge in [0, 0.05) is 13.1 Å². The molecule has 0 unspecified atom stereocenters. The van der Waals surface area contributed by atoms with Gasteiger partial charge in [-0.2, -0.15) is 0 Å². The Labute approximate surface area is 73.9 Å². The summed E-state index contributed by atoms with van der Waals surface area (Å²) in [5, 5.41) is 0. The minimum Gasteiger partial charge on any atom is -0.341 e. The van der Waals surface area contributed by atoms with E-state index in [1.54, 1.807) is 0 Å². The maximum absolute atomic E-state index is 11.5. The highest BCUT2D eigenvalue weighted by molar-refractivity contribution is 5.81. The molecule has 1 heterocycles. The third-order valence-electron chi connectivity index (χ3n) is 2.42. The van der Waals surface area contributed by atoms with Crippen molar-refractivity contribution in [3.8, 4) is 0 Å². The van der Waals surface area contributed by atoms with Crippen molar-refractivity contribution in [1.82, 2.24) is 4.90 Å². The summed E-state index contributed by atoms with van der Waals surface area (Å²) in [5.41, 5.74) is 5.66. The van der Waals surface area contributed by atoms with Crippen LogP contribution in [0.3, 0.4) is 0 Å². The normalized spacial score (nSPS) is 20.7. The summed E-state index contributed by atoms with van der Waals surface area (Å²) < 4.78 is 0. The van der Waals surface area contributed by atoms with E-state index in [1.165, 1.54) is 6.42 Å². The lowest BCUT2D eigenvalue weighted by molar-refractivity contribution is -0.133. The Morgan fingerprint density at radius 3 is 2.50 bits per heavy atom. The van der Waals surface area contributed by atoms with E-state index in [0.29, 0.717) is 0 Å². The molecular formula is C9H18N2O. The SMILES string of the molecule is CC[C@@H](N)C(=O)N1CCCCC1. The van der Waals surface area contributed by atoms with Crippen LogP contribution in [0.15, 0.2) is 0 Å². The van der Waals surface area contributed by atoms with Crippen LogP contribution in [-0.4, -0.2) is 29.9 Å². The molecule has 0 bridgehead atoms. The van der Waals surface area contributed by atoms with Crippen LogP contribution in [0, 0.1) is 0 Å². The molecule has 0 aromatic heterocycles. The van der Waals surface area contributed by atoms with Gasteiger partial charge in [0.05, 0.1) is 6.04 Å². The predicted molar refractivity (Wildman–Crippen MR) is 48.7 cm³/mol. The van der Waals surface area contributed by atoms with Crippen molar-refractivity contribution in [2.45, 2.75) is 38.6 Å². The zero-order chi connectivity index (χ0) is 8.97. The van der Waals surface area contributed by atoms with Crippen molar-refractivity contribution in [2.75, 3.05) is 13.1 Å². The summed E-state index contributed by atoms with van der Waals surface area (Å²) in [6.07, 6.45) is 4.28. The zero-order valence-electron chi connectivity index (χ0n) is 7.75. The second-order valence-electron chi connectivity index (χ2n) is 3.40. The number of hydrogen-bond acceptors (Lipinski definition) is 2. The van der Waals surface area contributed by atoms with Crippen molar-refractivity contribution >= 4 is 5.91 Å². The van der Waals surface area contributed by atoms with Gasteiger partial charge in [0.1, 0.15) is 0 Å². The lowest BCUT2D eigenvalue weighted by atomic mass is 10.1. The van der Waals surface area contributed by atoms with E-state index >= 15 is 0 Å². The third-order valence-corrected chi connectivity index (χ3v) is 2.42. The van der Waals surface area contributed by atoms with Crippen LogP contribution in [0.25, 0.3) is 0 Å². The van der Waals surface area contributed by atoms with E-state index in [0.717, 1.165) is 32.4 Å². The molecule has 3 heteroatoms. The van der Waals surface area contributed by atoms with Gasteiger partial charge < -0.3 is 10.6 Å². The molecular weight excluding hydrogens is 152 g/mol. The zero-order valence-corrected chi connectivity index (χ0v) is 7.75. The lowest BCUT2D eigenvalue weighted by Gasteiger charge is -2.28. The molecule has 0 aromatic rings. The van der Waals surface area contributed by atoms with E-state index in [1.807, 2.05) is 11.8 Å². The fourth-order valence-corrected chi connectivity index (χ4v) is 1.52. The average Bonchev–Trinajstić information content (AvgIpc) is 2.17. The maximum Gasteiger partial charge on any atom is 0.239 e. The summed E-state index contributed by atoms with van der Waals surface area (Å²) in [5.74, 6) is 0.136. The van der Waals surface area contributed by atoms with Gasteiger partial charge in [-0.1, -0.05) is 6.92 Å². The van der Waals surface area contributed by atoms with Crippen molar-refractivity contribution in [3.05, 3.63) is 0 Å². The highest BCUT2D eigenvalue weighted by atomic mass is 16.2. The number of rotatable bonds is 2. The molecule has 3 nitrogen and oxygen atoms in total. The van der Waals surface area contributed by atoms with Crippen LogP contribution in [0.5, 0.6) is 0 Å². The molecule has 70 valence electrons. The molecule has 2 N–H and O–H groups in total. The molecule has 0 spiro atoms. The van der Waals surface area contributed by atoms with E-state index < -0.39 is 0 Å². The summed E-state index contributed by atoms with van der Waals surface area (Å²) in [6, 6.07) is -0.275. The fourth-order valence-electron chi connectivity index (χ4n) is 1.52. The largest absolute Gasteiger partial charge is 0.341 e. The number of hydrogen-bond donors (Lipinski definition) is 1. The van der Waals surface area contributed by atoms with Gasteiger partial charge in [0.2, 0.25) is 5.91 Å². The van der Waals surface area contributed by atoms with Gasteiger partial charge >= 0.3 is 0 Å². The van der Waals surface area contributed by atoms with Crippen LogP contribution < -0.4 is 5.73 Å². The van der Waals surface area contributed by atoms with E-state index in [9.17, 15) is 4.79 Å². The summed E-state index contributed by atoms with van der Waals surface area (Å²) in [6.45, 7) is 3.77. The topological polar surface area (TPSA) is 46.3 Å². The van der Waals surface area contributed by atoms with Gasteiger partial charge in [-0.3, -0.25) is 4.79 Å². The molecule has 1 aliphatic heterocycles. The molecule has 12 heavy (non-hydrogen) atoms. The molecule has 0 radical (unpaired) electrons. The van der Waals surface area contributed by atoms with Gasteiger partial charge in [-0.05, 0) is 25.7 Å².